The Kier molecular flexibility index (Phi) is 4.95. The molecule has 0 saturated heterocycles. The van der Waals surface area contributed by atoms with Gasteiger partial charge in [-0.1, -0.05) is 0 Å². The Morgan fingerprint density at radius 3 is 2.47 bits per heavy atom. The Morgan fingerprint density at radius 1 is 1.53 bits per heavy atom. The summed E-state index contributed by atoms with van der Waals surface area (Å²) in [6.45, 7) is 7.29. The number of hydrogen-bond acceptors (Lipinski definition) is 4. The van der Waals surface area contributed by atoms with Gasteiger partial charge in [-0.3, -0.25) is 0 Å². The Hall–Kier alpha value is -0.610. The highest BCUT2D eigenvalue weighted by atomic mass is 16.5. The predicted molar refractivity (Wildman–Crippen MR) is 68.9 cm³/mol. The molecule has 1 N–H and O–H groups in total. The first-order valence-electron chi connectivity index (χ1n) is 6.54. The summed E-state index contributed by atoms with van der Waals surface area (Å²) >= 11 is 0. The Bertz CT molecular complexity index is 264. The minimum absolute atomic E-state index is 0.0995. The number of carbonyl (C=O) groups excluding carboxylic acids is 1. The van der Waals surface area contributed by atoms with Crippen molar-refractivity contribution < 1.29 is 9.53 Å². The van der Waals surface area contributed by atoms with Gasteiger partial charge in [0, 0.05) is 12.6 Å². The SMILES string of the molecule is CCOC(=O)C(CN(C)C(C)C)(NC)C1CC1. The van der Waals surface area contributed by atoms with Crippen molar-refractivity contribution in [3.8, 4) is 0 Å². The number of nitrogens with one attached hydrogen (secondary N) is 1. The normalized spacial score (nSPS) is 19.5. The fourth-order valence-electron chi connectivity index (χ4n) is 2.16. The molecule has 1 rings (SSSR count). The highest BCUT2D eigenvalue weighted by molar-refractivity contribution is 5.82. The van der Waals surface area contributed by atoms with E-state index in [2.05, 4.69) is 31.1 Å². The molecule has 0 amide bonds. The molecule has 1 fully saturated rings. The number of hydrogen-bond donors (Lipinski definition) is 1. The highest BCUT2D eigenvalue weighted by Crippen LogP contribution is 2.41. The number of rotatable bonds is 7. The van der Waals surface area contributed by atoms with Crippen molar-refractivity contribution in [1.29, 1.82) is 0 Å². The molecule has 0 aromatic rings. The van der Waals surface area contributed by atoms with Crippen LogP contribution >= 0.6 is 0 Å². The van der Waals surface area contributed by atoms with E-state index in [1.807, 2.05) is 14.0 Å². The smallest absolute Gasteiger partial charge is 0.327 e. The van der Waals surface area contributed by atoms with Crippen LogP contribution in [0.25, 0.3) is 0 Å². The first kappa shape index (κ1) is 14.5. The maximum absolute atomic E-state index is 12.2. The summed E-state index contributed by atoms with van der Waals surface area (Å²) in [5.41, 5.74) is -0.519. The van der Waals surface area contributed by atoms with Crippen molar-refractivity contribution in [1.82, 2.24) is 10.2 Å². The molecule has 0 aromatic carbocycles. The molecule has 1 atom stereocenters. The van der Waals surface area contributed by atoms with E-state index >= 15 is 0 Å². The van der Waals surface area contributed by atoms with Crippen LogP contribution in [0.1, 0.15) is 33.6 Å². The van der Waals surface area contributed by atoms with Gasteiger partial charge in [-0.15, -0.1) is 0 Å². The van der Waals surface area contributed by atoms with Gasteiger partial charge in [-0.2, -0.15) is 0 Å². The summed E-state index contributed by atoms with van der Waals surface area (Å²) in [5, 5.41) is 3.23. The topological polar surface area (TPSA) is 41.6 Å². The van der Waals surface area contributed by atoms with Crippen LogP contribution in [0.15, 0.2) is 0 Å². The lowest BCUT2D eigenvalue weighted by atomic mass is 9.92. The van der Waals surface area contributed by atoms with Gasteiger partial charge in [0.05, 0.1) is 6.61 Å². The van der Waals surface area contributed by atoms with Crippen LogP contribution in [0.3, 0.4) is 0 Å². The fraction of sp³-hybridized carbons (Fsp3) is 0.923. The first-order valence-corrected chi connectivity index (χ1v) is 6.54. The molecule has 1 aliphatic carbocycles. The van der Waals surface area contributed by atoms with Gasteiger partial charge in [0.1, 0.15) is 5.54 Å². The van der Waals surface area contributed by atoms with Crippen LogP contribution in [0, 0.1) is 5.92 Å². The largest absolute Gasteiger partial charge is 0.465 e. The Labute approximate surface area is 105 Å². The van der Waals surface area contributed by atoms with Gasteiger partial charge in [0.25, 0.3) is 0 Å². The van der Waals surface area contributed by atoms with Crippen LogP contribution in [-0.4, -0.2) is 49.7 Å². The number of carbonyl (C=O) groups is 1. The predicted octanol–water partition coefficient (Wildman–Crippen LogP) is 1.26. The average molecular weight is 242 g/mol. The monoisotopic (exact) mass is 242 g/mol. The molecule has 0 radical (unpaired) electrons. The molecular weight excluding hydrogens is 216 g/mol. The van der Waals surface area contributed by atoms with E-state index in [-0.39, 0.29) is 5.97 Å². The number of esters is 1. The van der Waals surface area contributed by atoms with Crippen LogP contribution in [0.2, 0.25) is 0 Å². The number of ether oxygens (including phenoxy) is 1. The lowest BCUT2D eigenvalue weighted by molar-refractivity contribution is -0.153. The van der Waals surface area contributed by atoms with E-state index in [1.54, 1.807) is 0 Å². The van der Waals surface area contributed by atoms with Gasteiger partial charge < -0.3 is 15.0 Å². The molecule has 1 aliphatic rings. The fourth-order valence-corrected chi connectivity index (χ4v) is 2.16. The van der Waals surface area contributed by atoms with E-state index < -0.39 is 5.54 Å². The third-order valence-corrected chi connectivity index (χ3v) is 3.74. The van der Waals surface area contributed by atoms with E-state index in [0.29, 0.717) is 25.1 Å². The van der Waals surface area contributed by atoms with Crippen LogP contribution < -0.4 is 5.32 Å². The molecule has 0 aromatic heterocycles. The van der Waals surface area contributed by atoms with Crippen molar-refractivity contribution >= 4 is 5.97 Å². The molecule has 4 heteroatoms. The van der Waals surface area contributed by atoms with Crippen molar-refractivity contribution in [3.63, 3.8) is 0 Å². The van der Waals surface area contributed by atoms with E-state index in [1.165, 1.54) is 0 Å². The zero-order valence-electron chi connectivity index (χ0n) is 11.7. The summed E-state index contributed by atoms with van der Waals surface area (Å²) in [5.74, 6) is 0.324. The first-order chi connectivity index (χ1) is 7.97. The maximum atomic E-state index is 12.2. The van der Waals surface area contributed by atoms with Gasteiger partial charge >= 0.3 is 5.97 Å². The van der Waals surface area contributed by atoms with Gasteiger partial charge in [0.15, 0.2) is 0 Å². The maximum Gasteiger partial charge on any atom is 0.327 e. The molecule has 17 heavy (non-hydrogen) atoms. The van der Waals surface area contributed by atoms with E-state index in [4.69, 9.17) is 4.74 Å². The van der Waals surface area contributed by atoms with Crippen molar-refractivity contribution in [2.24, 2.45) is 5.92 Å². The van der Waals surface area contributed by atoms with Crippen LogP contribution in [-0.2, 0) is 9.53 Å². The summed E-state index contributed by atoms with van der Waals surface area (Å²) in [6, 6.07) is 0.427. The standard InChI is InChI=1S/C13H26N2O2/c1-6-17-12(16)13(14-4,11-7-8-11)9-15(5)10(2)3/h10-11,14H,6-9H2,1-5H3. The Balaban J connectivity index is 2.80. The second-order valence-electron chi connectivity index (χ2n) is 5.22. The third kappa shape index (κ3) is 3.19. The molecule has 4 nitrogen and oxygen atoms in total. The third-order valence-electron chi connectivity index (χ3n) is 3.74. The van der Waals surface area contributed by atoms with E-state index in [0.717, 1.165) is 12.8 Å². The van der Waals surface area contributed by atoms with Crippen molar-refractivity contribution in [3.05, 3.63) is 0 Å². The molecule has 0 aliphatic heterocycles. The lowest BCUT2D eigenvalue weighted by Gasteiger charge is -2.36. The van der Waals surface area contributed by atoms with Crippen molar-refractivity contribution in [2.45, 2.75) is 45.2 Å². The van der Waals surface area contributed by atoms with Crippen LogP contribution in [0.4, 0.5) is 0 Å². The Morgan fingerprint density at radius 2 is 2.12 bits per heavy atom. The molecule has 1 saturated carbocycles. The summed E-state index contributed by atoms with van der Waals surface area (Å²) in [6.07, 6.45) is 2.23. The molecule has 1 unspecified atom stereocenters. The van der Waals surface area contributed by atoms with E-state index in [9.17, 15) is 4.79 Å². The molecule has 100 valence electrons. The average Bonchev–Trinajstić information content (AvgIpc) is 3.09. The lowest BCUT2D eigenvalue weighted by Crippen LogP contribution is -2.60. The quantitative estimate of drug-likeness (QED) is 0.682. The van der Waals surface area contributed by atoms with Gasteiger partial charge in [-0.05, 0) is 53.6 Å². The second-order valence-corrected chi connectivity index (χ2v) is 5.22. The summed E-state index contributed by atoms with van der Waals surface area (Å²) in [4.78, 5) is 14.4. The van der Waals surface area contributed by atoms with Gasteiger partial charge in [-0.25, -0.2) is 4.79 Å². The highest BCUT2D eigenvalue weighted by Gasteiger charge is 2.51. The molecule has 0 heterocycles. The zero-order chi connectivity index (χ0) is 13.1. The molecular formula is C13H26N2O2. The number of nitrogens with zero attached hydrogens (tertiary/aromatic N) is 1. The second kappa shape index (κ2) is 5.83. The van der Waals surface area contributed by atoms with Crippen LogP contribution in [0.5, 0.6) is 0 Å². The summed E-state index contributed by atoms with van der Waals surface area (Å²) in [7, 11) is 3.92. The number of likely N-dealkylation sites (N-methyl/N-ethyl adjacent to an activating group) is 2. The molecule has 0 spiro atoms. The summed E-state index contributed by atoms with van der Waals surface area (Å²) < 4.78 is 5.25. The van der Waals surface area contributed by atoms with Crippen molar-refractivity contribution in [2.75, 3.05) is 27.2 Å². The van der Waals surface area contributed by atoms with Gasteiger partial charge in [0.2, 0.25) is 0 Å². The molecule has 0 bridgehead atoms. The minimum Gasteiger partial charge on any atom is -0.465 e. The zero-order valence-corrected chi connectivity index (χ0v) is 11.7. The minimum atomic E-state index is -0.519.